The fraction of sp³-hybridized carbons (Fsp3) is 0.0526. The van der Waals surface area contributed by atoms with Gasteiger partial charge < -0.3 is 0 Å². The Kier molecular flexibility index (Phi) is 4.05. The highest BCUT2D eigenvalue weighted by Gasteiger charge is 2.30. The van der Waals surface area contributed by atoms with Crippen LogP contribution in [-0.4, -0.2) is 11.2 Å². The Balaban J connectivity index is 1.72. The summed E-state index contributed by atoms with van der Waals surface area (Å²) in [4.78, 5) is 15.3. The zero-order valence-corrected chi connectivity index (χ0v) is 14.9. The maximum atomic E-state index is 11.7. The minimum absolute atomic E-state index is 0.0123. The van der Waals surface area contributed by atoms with Gasteiger partial charge in [0.05, 0.1) is 0 Å². The second-order valence-electron chi connectivity index (χ2n) is 5.37. The summed E-state index contributed by atoms with van der Waals surface area (Å²) >= 11 is 0. The van der Waals surface area contributed by atoms with Gasteiger partial charge in [0.25, 0.3) is 0 Å². The molecule has 0 saturated heterocycles. The number of aldehydes is 1. The average Bonchev–Trinajstić information content (AvgIpc) is 3.14. The highest BCUT2D eigenvalue weighted by molar-refractivity contribution is 9.19. The first-order chi connectivity index (χ1) is 11.3. The third kappa shape index (κ3) is 2.75. The smallest absolute Gasteiger partial charge is 0.152 e. The monoisotopic (exact) mass is 354 g/mol. The normalized spacial score (nSPS) is 19.8. The van der Waals surface area contributed by atoms with Gasteiger partial charge in [0.1, 0.15) is 0 Å². The third-order valence-corrected chi connectivity index (χ3v) is 10.2. The van der Waals surface area contributed by atoms with Crippen molar-refractivity contribution in [1.29, 1.82) is 0 Å². The van der Waals surface area contributed by atoms with E-state index in [1.54, 1.807) is 0 Å². The molecule has 1 unspecified atom stereocenters. The second kappa shape index (κ2) is 6.19. The summed E-state index contributed by atoms with van der Waals surface area (Å²) in [5.41, 5.74) is 4.48. The summed E-state index contributed by atoms with van der Waals surface area (Å²) in [6, 6.07) is 18.8. The topological polar surface area (TPSA) is 17.1 Å². The number of aryl methyl sites for hydroxylation is 1. The van der Waals surface area contributed by atoms with Crippen molar-refractivity contribution in [1.82, 2.24) is 0 Å². The lowest BCUT2D eigenvalue weighted by Gasteiger charge is -2.08. The predicted molar refractivity (Wildman–Crippen MR) is 106 cm³/mol. The first-order valence-electron chi connectivity index (χ1n) is 7.28. The summed E-state index contributed by atoms with van der Waals surface area (Å²) in [5.74, 6) is 0. The van der Waals surface area contributed by atoms with E-state index in [4.69, 9.17) is 0 Å². The van der Waals surface area contributed by atoms with Gasteiger partial charge in [0, 0.05) is 20.2 Å². The van der Waals surface area contributed by atoms with Gasteiger partial charge in [-0.1, -0.05) is 90.3 Å². The van der Waals surface area contributed by atoms with Crippen LogP contribution in [0.15, 0.2) is 66.2 Å². The van der Waals surface area contributed by atoms with Crippen LogP contribution in [0.5, 0.6) is 0 Å². The first-order valence-corrected chi connectivity index (χ1v) is 11.2. The van der Waals surface area contributed by atoms with E-state index in [0.717, 1.165) is 22.3 Å². The summed E-state index contributed by atoms with van der Waals surface area (Å²) in [5, 5.41) is 0. The molecule has 4 heteroatoms. The van der Waals surface area contributed by atoms with E-state index in [0.29, 0.717) is 0 Å². The Morgan fingerprint density at radius 3 is 2.35 bits per heavy atom. The Labute approximate surface area is 145 Å². The van der Waals surface area contributed by atoms with E-state index in [1.807, 2.05) is 27.7 Å². The van der Waals surface area contributed by atoms with Crippen LogP contribution in [0.1, 0.15) is 16.7 Å². The van der Waals surface area contributed by atoms with E-state index in [2.05, 4.69) is 61.5 Å². The van der Waals surface area contributed by atoms with Crippen molar-refractivity contribution in [3.63, 3.8) is 0 Å². The molecule has 2 aliphatic heterocycles. The van der Waals surface area contributed by atoms with E-state index in [9.17, 15) is 4.79 Å². The van der Waals surface area contributed by atoms with Gasteiger partial charge >= 0.3 is 0 Å². The number of carbonyl (C=O) groups is 1. The highest BCUT2D eigenvalue weighted by Crippen LogP contribution is 2.64. The van der Waals surface area contributed by atoms with Crippen molar-refractivity contribution in [2.24, 2.45) is 0 Å². The van der Waals surface area contributed by atoms with Crippen molar-refractivity contribution in [2.45, 2.75) is 6.92 Å². The molecule has 2 aromatic carbocycles. The van der Waals surface area contributed by atoms with Crippen LogP contribution in [0.3, 0.4) is 0 Å². The van der Waals surface area contributed by atoms with Crippen LogP contribution in [0.2, 0.25) is 0 Å². The van der Waals surface area contributed by atoms with Crippen LogP contribution in [0, 0.1) is 6.92 Å². The molecule has 0 radical (unpaired) electrons. The molecule has 0 amide bonds. The molecule has 1 nitrogen and oxygen atoms in total. The summed E-state index contributed by atoms with van der Waals surface area (Å²) in [6.07, 6.45) is 3.22. The SMILES string of the molecule is Cc1ccc(C2=C(C=O)C3=S(SC(c4ccccc4)=C3)S2)cc1. The van der Waals surface area contributed by atoms with Crippen molar-refractivity contribution in [3.8, 4) is 0 Å². The minimum atomic E-state index is -0.0123. The molecular weight excluding hydrogens is 340 g/mol. The van der Waals surface area contributed by atoms with Gasteiger partial charge in [0.15, 0.2) is 6.29 Å². The molecule has 0 saturated carbocycles. The lowest BCUT2D eigenvalue weighted by molar-refractivity contribution is -0.104. The maximum absolute atomic E-state index is 11.7. The van der Waals surface area contributed by atoms with Crippen LogP contribution in [0.4, 0.5) is 0 Å². The van der Waals surface area contributed by atoms with E-state index in [1.165, 1.54) is 20.9 Å². The molecule has 0 spiro atoms. The number of benzene rings is 2. The van der Waals surface area contributed by atoms with Crippen molar-refractivity contribution in [2.75, 3.05) is 0 Å². The molecule has 1 atom stereocenters. The van der Waals surface area contributed by atoms with Gasteiger partial charge in [-0.05, 0) is 24.1 Å². The zero-order valence-electron chi connectivity index (χ0n) is 12.5. The Morgan fingerprint density at radius 1 is 0.913 bits per heavy atom. The minimum Gasteiger partial charge on any atom is -0.298 e. The average molecular weight is 355 g/mol. The number of hydrogen-bond acceptors (Lipinski definition) is 3. The summed E-state index contributed by atoms with van der Waals surface area (Å²) in [7, 11) is 3.68. The Morgan fingerprint density at radius 2 is 1.65 bits per heavy atom. The molecule has 4 rings (SSSR count). The Hall–Kier alpha value is -1.49. The molecule has 2 aromatic rings. The Bertz CT molecular complexity index is 875. The van der Waals surface area contributed by atoms with E-state index < -0.39 is 0 Å². The standard InChI is InChI=1S/C19H14OS3/c1-13-7-9-15(10-8-13)19-16(12-20)18-11-17(21-23(18)22-19)14-5-3-2-4-6-14/h2-12H,1H3. The molecule has 0 N–H and O–H groups in total. The first kappa shape index (κ1) is 15.1. The largest absolute Gasteiger partial charge is 0.298 e. The van der Waals surface area contributed by atoms with Crippen LogP contribution < -0.4 is 0 Å². The molecule has 2 aliphatic rings. The quantitative estimate of drug-likeness (QED) is 0.399. The number of hydrogen-bond donors (Lipinski definition) is 0. The highest BCUT2D eigenvalue weighted by atomic mass is 33.5. The van der Waals surface area contributed by atoms with Crippen molar-refractivity contribution >= 4 is 51.1 Å². The summed E-state index contributed by atoms with van der Waals surface area (Å²) in [6.45, 7) is 2.08. The molecular formula is C19H14OS3. The van der Waals surface area contributed by atoms with Gasteiger partial charge in [-0.25, -0.2) is 0 Å². The van der Waals surface area contributed by atoms with Crippen molar-refractivity contribution in [3.05, 3.63) is 82.9 Å². The maximum Gasteiger partial charge on any atom is 0.152 e. The molecule has 0 aromatic heterocycles. The van der Waals surface area contributed by atoms with E-state index >= 15 is 0 Å². The number of allylic oxidation sites excluding steroid dienone is 2. The molecule has 0 bridgehead atoms. The molecule has 0 fully saturated rings. The second-order valence-corrected chi connectivity index (χ2v) is 11.1. The fourth-order valence-electron chi connectivity index (χ4n) is 2.53. The molecule has 2 heterocycles. The zero-order chi connectivity index (χ0) is 15.8. The van der Waals surface area contributed by atoms with Crippen molar-refractivity contribution < 1.29 is 4.79 Å². The molecule has 114 valence electrons. The van der Waals surface area contributed by atoms with Crippen LogP contribution in [-0.2, 0) is 4.79 Å². The van der Waals surface area contributed by atoms with Gasteiger partial charge in [-0.2, -0.15) is 0 Å². The lowest BCUT2D eigenvalue weighted by Crippen LogP contribution is -1.97. The summed E-state index contributed by atoms with van der Waals surface area (Å²) < 4.78 is 0. The molecule has 23 heavy (non-hydrogen) atoms. The van der Waals surface area contributed by atoms with Gasteiger partial charge in [-0.15, -0.1) is 0 Å². The predicted octanol–water partition coefficient (Wildman–Crippen LogP) is 5.71. The molecule has 0 aliphatic carbocycles. The van der Waals surface area contributed by atoms with Gasteiger partial charge in [0.2, 0.25) is 0 Å². The number of carbonyl (C=O) groups excluding carboxylic acids is 1. The van der Waals surface area contributed by atoms with Gasteiger partial charge in [-0.3, -0.25) is 4.79 Å². The van der Waals surface area contributed by atoms with Crippen LogP contribution >= 0.6 is 30.1 Å². The third-order valence-electron chi connectivity index (χ3n) is 3.77. The van der Waals surface area contributed by atoms with Crippen LogP contribution in [0.25, 0.3) is 9.81 Å². The fourth-order valence-corrected chi connectivity index (χ4v) is 9.60. The lowest BCUT2D eigenvalue weighted by atomic mass is 10.1. The number of rotatable bonds is 3. The van der Waals surface area contributed by atoms with E-state index in [-0.39, 0.29) is 8.55 Å².